The van der Waals surface area contributed by atoms with Crippen LogP contribution in [0.2, 0.25) is 0 Å². The van der Waals surface area contributed by atoms with Gasteiger partial charge in [-0.3, -0.25) is 14.9 Å². The molecule has 2 N–H and O–H groups in total. The first kappa shape index (κ1) is 22.8. The molecule has 0 saturated heterocycles. The molecule has 1 unspecified atom stereocenters. The summed E-state index contributed by atoms with van der Waals surface area (Å²) in [5, 5.41) is 15.0. The summed E-state index contributed by atoms with van der Waals surface area (Å²) in [5.74, 6) is 0.529. The maximum absolute atomic E-state index is 13.4. The van der Waals surface area contributed by atoms with E-state index in [0.717, 1.165) is 27.7 Å². The molecule has 1 atom stereocenters. The molecule has 4 aromatic rings. The Labute approximate surface area is 196 Å². The number of H-pyrrole nitrogens is 1. The van der Waals surface area contributed by atoms with E-state index >= 15 is 0 Å². The van der Waals surface area contributed by atoms with Crippen molar-refractivity contribution in [2.24, 2.45) is 0 Å². The first-order valence-corrected chi connectivity index (χ1v) is 10.8. The van der Waals surface area contributed by atoms with E-state index in [4.69, 9.17) is 9.47 Å². The number of fused-ring (bicyclic) bond motifs is 1. The molecule has 0 bridgehead atoms. The van der Waals surface area contributed by atoms with Crippen LogP contribution in [-0.4, -0.2) is 30.0 Å². The molecule has 4 rings (SSSR count). The van der Waals surface area contributed by atoms with Gasteiger partial charge in [-0.2, -0.15) is 0 Å². The molecule has 0 aliphatic rings. The third-order valence-corrected chi connectivity index (χ3v) is 5.86. The number of nitrogens with one attached hydrogen (secondary N) is 2. The number of amides is 1. The molecule has 0 aliphatic heterocycles. The second-order valence-electron chi connectivity index (χ2n) is 7.79. The summed E-state index contributed by atoms with van der Waals surface area (Å²) in [6.07, 6.45) is 0.539. The number of hydrogen-bond acceptors (Lipinski definition) is 5. The van der Waals surface area contributed by atoms with Crippen LogP contribution in [0.4, 0.5) is 11.4 Å². The van der Waals surface area contributed by atoms with Crippen LogP contribution in [0.25, 0.3) is 22.2 Å². The minimum atomic E-state index is -0.465. The zero-order valence-corrected chi connectivity index (χ0v) is 19.1. The Hall–Kier alpha value is -4.33. The lowest BCUT2D eigenvalue weighted by molar-refractivity contribution is -0.384. The van der Waals surface area contributed by atoms with Crippen molar-refractivity contribution in [3.8, 4) is 22.8 Å². The average molecular weight is 460 g/mol. The minimum Gasteiger partial charge on any atom is -0.493 e. The second-order valence-corrected chi connectivity index (χ2v) is 7.79. The van der Waals surface area contributed by atoms with Gasteiger partial charge in [0.15, 0.2) is 11.5 Å². The SMILES string of the molecule is CCC(C(=O)Nc1c(-c2ccc(OC)c(OC)c2)[nH]c2ccccc12)c1ccc([N+](=O)[O-])cc1. The molecule has 0 aliphatic carbocycles. The molecule has 0 saturated carbocycles. The Morgan fingerprint density at radius 3 is 2.38 bits per heavy atom. The largest absolute Gasteiger partial charge is 0.493 e. The lowest BCUT2D eigenvalue weighted by Gasteiger charge is -2.16. The number of carbonyl (C=O) groups excluding carboxylic acids is 1. The fourth-order valence-electron chi connectivity index (χ4n) is 4.09. The van der Waals surface area contributed by atoms with E-state index in [1.165, 1.54) is 12.1 Å². The highest BCUT2D eigenvalue weighted by molar-refractivity contribution is 6.09. The zero-order chi connectivity index (χ0) is 24.2. The van der Waals surface area contributed by atoms with Crippen LogP contribution >= 0.6 is 0 Å². The van der Waals surface area contributed by atoms with Crippen LogP contribution in [0.15, 0.2) is 66.7 Å². The summed E-state index contributed by atoms with van der Waals surface area (Å²) >= 11 is 0. The van der Waals surface area contributed by atoms with Crippen LogP contribution < -0.4 is 14.8 Å². The predicted octanol–water partition coefficient (Wildman–Crippen LogP) is 5.89. The predicted molar refractivity (Wildman–Crippen MR) is 132 cm³/mol. The Morgan fingerprint density at radius 1 is 1.03 bits per heavy atom. The monoisotopic (exact) mass is 459 g/mol. The number of benzene rings is 3. The van der Waals surface area contributed by atoms with Gasteiger partial charge >= 0.3 is 0 Å². The van der Waals surface area contributed by atoms with Crippen molar-refractivity contribution in [2.75, 3.05) is 19.5 Å². The second kappa shape index (κ2) is 9.66. The van der Waals surface area contributed by atoms with Crippen LogP contribution in [0, 0.1) is 10.1 Å². The normalized spacial score (nSPS) is 11.7. The van der Waals surface area contributed by atoms with E-state index in [9.17, 15) is 14.9 Å². The van der Waals surface area contributed by atoms with E-state index in [1.807, 2.05) is 49.4 Å². The third kappa shape index (κ3) is 4.30. The molecule has 8 heteroatoms. The first-order chi connectivity index (χ1) is 16.5. The van der Waals surface area contributed by atoms with Gasteiger partial charge in [0.2, 0.25) is 5.91 Å². The summed E-state index contributed by atoms with van der Waals surface area (Å²) in [6.45, 7) is 1.91. The molecule has 34 heavy (non-hydrogen) atoms. The third-order valence-electron chi connectivity index (χ3n) is 5.86. The van der Waals surface area contributed by atoms with Crippen molar-refractivity contribution in [1.82, 2.24) is 4.98 Å². The van der Waals surface area contributed by atoms with Gasteiger partial charge in [0.05, 0.1) is 36.4 Å². The quantitative estimate of drug-likeness (QED) is 0.252. The fourth-order valence-corrected chi connectivity index (χ4v) is 4.09. The van der Waals surface area contributed by atoms with Gasteiger partial charge in [-0.15, -0.1) is 0 Å². The summed E-state index contributed by atoms with van der Waals surface area (Å²) in [4.78, 5) is 27.3. The number of ether oxygens (including phenoxy) is 2. The fraction of sp³-hybridized carbons (Fsp3) is 0.192. The number of nitro benzene ring substituents is 1. The molecule has 0 fully saturated rings. The summed E-state index contributed by atoms with van der Waals surface area (Å²) < 4.78 is 10.8. The topological polar surface area (TPSA) is 106 Å². The zero-order valence-electron chi connectivity index (χ0n) is 19.1. The van der Waals surface area contributed by atoms with Crippen LogP contribution in [0.5, 0.6) is 11.5 Å². The van der Waals surface area contributed by atoms with Gasteiger partial charge in [-0.1, -0.05) is 37.3 Å². The van der Waals surface area contributed by atoms with Crippen LogP contribution in [-0.2, 0) is 4.79 Å². The highest BCUT2D eigenvalue weighted by Crippen LogP contribution is 2.39. The number of aromatic amines is 1. The summed E-state index contributed by atoms with van der Waals surface area (Å²) in [7, 11) is 3.15. The number of rotatable bonds is 8. The number of methoxy groups -OCH3 is 2. The van der Waals surface area contributed by atoms with Crippen molar-refractivity contribution in [1.29, 1.82) is 0 Å². The minimum absolute atomic E-state index is 0.00798. The number of anilines is 1. The number of nitro groups is 1. The number of hydrogen-bond donors (Lipinski definition) is 2. The van der Waals surface area contributed by atoms with Crippen molar-refractivity contribution in [2.45, 2.75) is 19.3 Å². The van der Waals surface area contributed by atoms with E-state index in [0.29, 0.717) is 23.6 Å². The molecule has 0 radical (unpaired) electrons. The van der Waals surface area contributed by atoms with Gasteiger partial charge in [0.1, 0.15) is 0 Å². The smallest absolute Gasteiger partial charge is 0.269 e. The summed E-state index contributed by atoms with van der Waals surface area (Å²) in [6, 6.07) is 19.4. The van der Waals surface area contributed by atoms with Crippen molar-refractivity contribution in [3.63, 3.8) is 0 Å². The molecule has 1 heterocycles. The van der Waals surface area contributed by atoms with E-state index in [1.54, 1.807) is 26.4 Å². The lowest BCUT2D eigenvalue weighted by Crippen LogP contribution is -2.21. The van der Waals surface area contributed by atoms with E-state index in [-0.39, 0.29) is 11.6 Å². The Balaban J connectivity index is 1.74. The number of non-ortho nitro benzene ring substituents is 1. The van der Waals surface area contributed by atoms with Crippen LogP contribution in [0.3, 0.4) is 0 Å². The average Bonchev–Trinajstić information content (AvgIpc) is 3.22. The number of para-hydroxylation sites is 1. The molecule has 1 amide bonds. The molecule has 3 aromatic carbocycles. The molecular weight excluding hydrogens is 434 g/mol. The van der Waals surface area contributed by atoms with Gasteiger partial charge in [-0.25, -0.2) is 0 Å². The summed E-state index contributed by atoms with van der Waals surface area (Å²) in [5.41, 5.74) is 3.82. The Bertz CT molecular complexity index is 1340. The standard InChI is InChI=1S/C26H25N3O5/c1-4-19(16-9-12-18(13-10-16)29(31)32)26(30)28-25-20-7-5-6-8-21(20)27-24(25)17-11-14-22(33-2)23(15-17)34-3/h5-15,19,27H,4H2,1-3H3,(H,28,30). The molecular formula is C26H25N3O5. The van der Waals surface area contributed by atoms with Gasteiger partial charge in [0, 0.05) is 28.6 Å². The number of nitrogens with zero attached hydrogens (tertiary/aromatic N) is 1. The number of aromatic nitrogens is 1. The number of carbonyl (C=O) groups is 1. The Morgan fingerprint density at radius 2 is 1.74 bits per heavy atom. The maximum Gasteiger partial charge on any atom is 0.269 e. The molecule has 0 spiro atoms. The van der Waals surface area contributed by atoms with Gasteiger partial charge < -0.3 is 19.8 Å². The maximum atomic E-state index is 13.4. The van der Waals surface area contributed by atoms with Crippen LogP contribution in [0.1, 0.15) is 24.8 Å². The molecule has 1 aromatic heterocycles. The van der Waals surface area contributed by atoms with Crippen molar-refractivity contribution < 1.29 is 19.2 Å². The molecule has 174 valence electrons. The highest BCUT2D eigenvalue weighted by Gasteiger charge is 2.23. The van der Waals surface area contributed by atoms with Crippen molar-refractivity contribution in [3.05, 3.63) is 82.4 Å². The van der Waals surface area contributed by atoms with Gasteiger partial charge in [0.25, 0.3) is 5.69 Å². The first-order valence-electron chi connectivity index (χ1n) is 10.8. The Kier molecular flexibility index (Phi) is 6.49. The highest BCUT2D eigenvalue weighted by atomic mass is 16.6. The van der Waals surface area contributed by atoms with Gasteiger partial charge in [-0.05, 0) is 36.2 Å². The van der Waals surface area contributed by atoms with Crippen molar-refractivity contribution >= 4 is 28.2 Å². The lowest BCUT2D eigenvalue weighted by atomic mass is 9.95. The molecule has 8 nitrogen and oxygen atoms in total. The van der Waals surface area contributed by atoms with E-state index < -0.39 is 10.8 Å². The van der Waals surface area contributed by atoms with E-state index in [2.05, 4.69) is 10.3 Å².